The van der Waals surface area contributed by atoms with E-state index in [1.807, 2.05) is 30.3 Å². The molecule has 1 aliphatic rings. The van der Waals surface area contributed by atoms with Gasteiger partial charge in [0.05, 0.1) is 10.6 Å². The Bertz CT molecular complexity index is 1230. The monoisotopic (exact) mass is 490 g/mol. The molecular weight excluding hydrogens is 470 g/mol. The SMILES string of the molecule is CSCOc1ccc(C(N)=O)c(-c2c(Cl)c(F)cc3c2C[C@@](CN)(c2ccccc2)O3)c1F. The zero-order valence-corrected chi connectivity index (χ0v) is 19.2. The standard InChI is InChI=1S/C24H21ClF2N2O3S/c1-33-12-31-17-8-7-14(23(29)30)20(22(17)27)19-15-10-24(11-28,13-5-3-2-4-6-13)32-18(15)9-16(26)21(19)25/h2-9H,10-12,28H2,1H3,(H2,29,30)/t24-/m1/s1. The van der Waals surface area contributed by atoms with E-state index in [9.17, 15) is 9.18 Å². The molecule has 0 radical (unpaired) electrons. The molecule has 33 heavy (non-hydrogen) atoms. The minimum atomic E-state index is -1.01. The number of hydrogen-bond donors (Lipinski definition) is 2. The van der Waals surface area contributed by atoms with Crippen LogP contribution in [0.5, 0.6) is 11.5 Å². The van der Waals surface area contributed by atoms with Gasteiger partial charge >= 0.3 is 0 Å². The maximum absolute atomic E-state index is 15.7. The number of carbonyl (C=O) groups is 1. The fraction of sp³-hybridized carbons (Fsp3) is 0.208. The van der Waals surface area contributed by atoms with E-state index >= 15 is 4.39 Å². The summed E-state index contributed by atoms with van der Waals surface area (Å²) in [5.41, 5.74) is 11.5. The van der Waals surface area contributed by atoms with Gasteiger partial charge in [-0.05, 0) is 24.0 Å². The lowest BCUT2D eigenvalue weighted by Gasteiger charge is -2.27. The molecule has 0 aliphatic carbocycles. The Morgan fingerprint density at radius 1 is 1.21 bits per heavy atom. The van der Waals surface area contributed by atoms with Crippen LogP contribution in [-0.2, 0) is 12.0 Å². The average molecular weight is 491 g/mol. The summed E-state index contributed by atoms with van der Waals surface area (Å²) in [5, 5.41) is -0.346. The summed E-state index contributed by atoms with van der Waals surface area (Å²) in [4.78, 5) is 12.2. The highest BCUT2D eigenvalue weighted by Gasteiger charge is 2.43. The minimum absolute atomic E-state index is 0.00109. The second kappa shape index (κ2) is 9.21. The molecule has 3 aromatic rings. The van der Waals surface area contributed by atoms with Crippen LogP contribution in [0.1, 0.15) is 21.5 Å². The van der Waals surface area contributed by atoms with Crippen molar-refractivity contribution in [1.82, 2.24) is 0 Å². The number of ether oxygens (including phenoxy) is 2. The number of thioether (sulfide) groups is 1. The molecule has 172 valence electrons. The second-order valence-corrected chi connectivity index (χ2v) is 8.77. The van der Waals surface area contributed by atoms with Crippen molar-refractivity contribution in [3.05, 3.63) is 81.9 Å². The van der Waals surface area contributed by atoms with Gasteiger partial charge in [0.1, 0.15) is 17.5 Å². The first kappa shape index (κ1) is 23.4. The minimum Gasteiger partial charge on any atom is -0.480 e. The number of amides is 1. The highest BCUT2D eigenvalue weighted by atomic mass is 35.5. The van der Waals surface area contributed by atoms with Crippen LogP contribution in [0.15, 0.2) is 48.5 Å². The fourth-order valence-electron chi connectivity index (χ4n) is 4.08. The van der Waals surface area contributed by atoms with Crippen molar-refractivity contribution in [3.8, 4) is 22.6 Å². The molecule has 1 aliphatic heterocycles. The maximum atomic E-state index is 15.7. The van der Waals surface area contributed by atoms with Gasteiger partial charge in [-0.25, -0.2) is 8.78 Å². The molecule has 4 rings (SSSR count). The molecule has 3 aromatic carbocycles. The van der Waals surface area contributed by atoms with E-state index < -0.39 is 23.1 Å². The first-order chi connectivity index (χ1) is 15.8. The molecule has 0 aromatic heterocycles. The second-order valence-electron chi connectivity index (χ2n) is 7.58. The van der Waals surface area contributed by atoms with E-state index in [0.29, 0.717) is 5.56 Å². The molecular formula is C24H21ClF2N2O3S. The number of hydrogen-bond acceptors (Lipinski definition) is 5. The average Bonchev–Trinajstić information content (AvgIpc) is 3.19. The quantitative estimate of drug-likeness (QED) is 0.461. The number of primary amides is 1. The summed E-state index contributed by atoms with van der Waals surface area (Å²) in [6, 6.07) is 13.0. The van der Waals surface area contributed by atoms with Crippen molar-refractivity contribution >= 4 is 29.3 Å². The van der Waals surface area contributed by atoms with Gasteiger partial charge in [-0.3, -0.25) is 4.79 Å². The van der Waals surface area contributed by atoms with Crippen LogP contribution >= 0.6 is 23.4 Å². The summed E-state index contributed by atoms with van der Waals surface area (Å²) in [7, 11) is 0. The Hall–Kier alpha value is -2.81. The summed E-state index contributed by atoms with van der Waals surface area (Å²) < 4.78 is 42.2. The van der Waals surface area contributed by atoms with E-state index in [-0.39, 0.29) is 52.1 Å². The van der Waals surface area contributed by atoms with Crippen LogP contribution in [0.4, 0.5) is 8.78 Å². The lowest BCUT2D eigenvalue weighted by Crippen LogP contribution is -2.39. The van der Waals surface area contributed by atoms with Crippen LogP contribution in [-0.4, -0.2) is 24.6 Å². The van der Waals surface area contributed by atoms with Gasteiger partial charge in [0.2, 0.25) is 5.91 Å². The molecule has 0 bridgehead atoms. The number of rotatable bonds is 7. The lowest BCUT2D eigenvalue weighted by atomic mass is 9.85. The topological polar surface area (TPSA) is 87.6 Å². The Balaban J connectivity index is 1.97. The van der Waals surface area contributed by atoms with Crippen molar-refractivity contribution in [3.63, 3.8) is 0 Å². The van der Waals surface area contributed by atoms with Crippen molar-refractivity contribution in [2.24, 2.45) is 11.5 Å². The molecule has 5 nitrogen and oxygen atoms in total. The highest BCUT2D eigenvalue weighted by Crippen LogP contribution is 2.50. The van der Waals surface area contributed by atoms with Crippen LogP contribution in [0.25, 0.3) is 11.1 Å². The normalized spacial score (nSPS) is 16.9. The fourth-order valence-corrected chi connectivity index (χ4v) is 4.58. The van der Waals surface area contributed by atoms with Gasteiger partial charge in [0, 0.05) is 35.7 Å². The van der Waals surface area contributed by atoms with E-state index in [0.717, 1.165) is 11.6 Å². The smallest absolute Gasteiger partial charge is 0.249 e. The zero-order valence-electron chi connectivity index (χ0n) is 17.7. The predicted molar refractivity (Wildman–Crippen MR) is 126 cm³/mol. The predicted octanol–water partition coefficient (Wildman–Crippen LogP) is 4.87. The van der Waals surface area contributed by atoms with Gasteiger partial charge in [0.15, 0.2) is 17.2 Å². The Kier molecular flexibility index (Phi) is 6.52. The van der Waals surface area contributed by atoms with Crippen LogP contribution in [0.2, 0.25) is 5.02 Å². The van der Waals surface area contributed by atoms with Gasteiger partial charge in [-0.1, -0.05) is 41.9 Å². The van der Waals surface area contributed by atoms with Crippen molar-refractivity contribution in [2.45, 2.75) is 12.0 Å². The molecule has 0 fully saturated rings. The highest BCUT2D eigenvalue weighted by molar-refractivity contribution is 7.98. The first-order valence-corrected chi connectivity index (χ1v) is 11.8. The molecule has 1 amide bonds. The molecule has 0 unspecified atom stereocenters. The van der Waals surface area contributed by atoms with E-state index in [1.54, 1.807) is 6.26 Å². The number of halogens is 3. The van der Waals surface area contributed by atoms with E-state index in [4.69, 9.17) is 32.5 Å². The van der Waals surface area contributed by atoms with Gasteiger partial charge < -0.3 is 20.9 Å². The Labute approximate surface area is 199 Å². The molecule has 0 spiro atoms. The lowest BCUT2D eigenvalue weighted by molar-refractivity contribution is 0.1000. The molecule has 1 heterocycles. The summed E-state index contributed by atoms with van der Waals surface area (Å²) in [6.45, 7) is 0.0758. The molecule has 1 atom stereocenters. The Morgan fingerprint density at radius 2 is 1.94 bits per heavy atom. The number of nitrogens with two attached hydrogens (primary N) is 2. The summed E-state index contributed by atoms with van der Waals surface area (Å²) in [5.74, 6) is -2.33. The Morgan fingerprint density at radius 3 is 2.58 bits per heavy atom. The van der Waals surface area contributed by atoms with Crippen LogP contribution < -0.4 is 20.9 Å². The third kappa shape index (κ3) is 4.03. The number of carbonyl (C=O) groups excluding carboxylic acids is 1. The largest absolute Gasteiger partial charge is 0.480 e. The van der Waals surface area contributed by atoms with E-state index in [1.165, 1.54) is 23.9 Å². The van der Waals surface area contributed by atoms with Gasteiger partial charge in [0.25, 0.3) is 0 Å². The third-order valence-corrected chi connectivity index (χ3v) is 6.36. The molecule has 0 saturated heterocycles. The van der Waals surface area contributed by atoms with Crippen molar-refractivity contribution < 1.29 is 23.0 Å². The van der Waals surface area contributed by atoms with Crippen molar-refractivity contribution in [1.29, 1.82) is 0 Å². The van der Waals surface area contributed by atoms with Gasteiger partial charge in [-0.2, -0.15) is 0 Å². The number of benzene rings is 3. The number of fused-ring (bicyclic) bond motifs is 1. The van der Waals surface area contributed by atoms with Crippen LogP contribution in [0, 0.1) is 11.6 Å². The summed E-state index contributed by atoms with van der Waals surface area (Å²) in [6.07, 6.45) is 1.98. The molecule has 9 heteroatoms. The van der Waals surface area contributed by atoms with E-state index in [2.05, 4.69) is 0 Å². The molecule has 0 saturated carbocycles. The molecule has 4 N–H and O–H groups in total. The third-order valence-electron chi connectivity index (χ3n) is 5.64. The van der Waals surface area contributed by atoms with Gasteiger partial charge in [-0.15, -0.1) is 11.8 Å². The maximum Gasteiger partial charge on any atom is 0.249 e. The van der Waals surface area contributed by atoms with Crippen LogP contribution in [0.3, 0.4) is 0 Å². The zero-order chi connectivity index (χ0) is 23.8. The first-order valence-electron chi connectivity index (χ1n) is 10.0. The summed E-state index contributed by atoms with van der Waals surface area (Å²) >= 11 is 7.72. The van der Waals surface area contributed by atoms with Crippen molar-refractivity contribution in [2.75, 3.05) is 18.7 Å².